The van der Waals surface area contributed by atoms with Crippen molar-refractivity contribution >= 4 is 33.8 Å². The van der Waals surface area contributed by atoms with Gasteiger partial charge in [0.1, 0.15) is 5.75 Å². The van der Waals surface area contributed by atoms with Gasteiger partial charge in [0.2, 0.25) is 0 Å². The first-order chi connectivity index (χ1) is 10.5. The van der Waals surface area contributed by atoms with E-state index in [-0.39, 0.29) is 11.3 Å². The number of aromatic carboxylic acids is 1. The van der Waals surface area contributed by atoms with Crippen molar-refractivity contribution in [3.8, 4) is 5.75 Å². The average Bonchev–Trinajstić information content (AvgIpc) is 2.52. The van der Waals surface area contributed by atoms with Crippen molar-refractivity contribution < 1.29 is 19.4 Å². The summed E-state index contributed by atoms with van der Waals surface area (Å²) in [6.07, 6.45) is 3.09. The van der Waals surface area contributed by atoms with Crippen LogP contribution in [0, 0.1) is 0 Å². The first kappa shape index (κ1) is 16.0. The summed E-state index contributed by atoms with van der Waals surface area (Å²) in [5.74, 6) is -0.470. The highest BCUT2D eigenvalue weighted by Gasteiger charge is 2.08. The molecule has 5 heteroatoms. The highest BCUT2D eigenvalue weighted by atomic mass is 79.9. The van der Waals surface area contributed by atoms with Gasteiger partial charge in [-0.2, -0.15) is 0 Å². The zero-order valence-electron chi connectivity index (χ0n) is 11.7. The van der Waals surface area contributed by atoms with Crippen LogP contribution in [0.4, 0.5) is 0 Å². The lowest BCUT2D eigenvalue weighted by molar-refractivity contribution is 0.0696. The molecule has 0 heterocycles. The third-order valence-electron chi connectivity index (χ3n) is 3.03. The zero-order chi connectivity index (χ0) is 16.1. The Morgan fingerprint density at radius 3 is 2.36 bits per heavy atom. The maximum atomic E-state index is 12.2. The molecule has 2 aromatic carbocycles. The summed E-state index contributed by atoms with van der Waals surface area (Å²) in [5.41, 5.74) is 1.49. The normalized spacial score (nSPS) is 10.6. The van der Waals surface area contributed by atoms with Gasteiger partial charge in [-0.1, -0.05) is 18.2 Å². The molecule has 0 bridgehead atoms. The minimum Gasteiger partial charge on any atom is -0.497 e. The number of benzene rings is 2. The molecule has 0 fully saturated rings. The first-order valence-corrected chi connectivity index (χ1v) is 7.20. The average molecular weight is 361 g/mol. The number of carbonyl (C=O) groups excluding carboxylic acids is 1. The summed E-state index contributed by atoms with van der Waals surface area (Å²) in [4.78, 5) is 22.9. The van der Waals surface area contributed by atoms with Crippen LogP contribution in [-0.4, -0.2) is 24.0 Å². The summed E-state index contributed by atoms with van der Waals surface area (Å²) < 4.78 is 5.74. The van der Waals surface area contributed by atoms with Gasteiger partial charge < -0.3 is 9.84 Å². The van der Waals surface area contributed by atoms with Crippen LogP contribution in [0.3, 0.4) is 0 Å². The molecule has 0 aliphatic heterocycles. The Bertz CT molecular complexity index is 733. The Morgan fingerprint density at radius 2 is 1.82 bits per heavy atom. The molecule has 4 nitrogen and oxygen atoms in total. The van der Waals surface area contributed by atoms with Crippen LogP contribution >= 0.6 is 15.9 Å². The molecule has 0 saturated heterocycles. The van der Waals surface area contributed by atoms with Crippen molar-refractivity contribution in [3.63, 3.8) is 0 Å². The summed E-state index contributed by atoms with van der Waals surface area (Å²) in [6, 6.07) is 11.4. The van der Waals surface area contributed by atoms with Crippen molar-refractivity contribution in [2.75, 3.05) is 7.11 Å². The van der Waals surface area contributed by atoms with E-state index in [4.69, 9.17) is 9.84 Å². The fourth-order valence-corrected chi connectivity index (χ4v) is 2.37. The molecule has 0 radical (unpaired) electrons. The van der Waals surface area contributed by atoms with Crippen LogP contribution < -0.4 is 4.74 Å². The number of allylic oxidation sites excluding steroid dienone is 1. The molecular weight excluding hydrogens is 348 g/mol. The SMILES string of the molecule is COc1ccc(C(=O)C=Cc2ccc(C(=O)O)cc2)c(Br)c1. The minimum absolute atomic E-state index is 0.156. The number of carboxylic acid groups (broad SMARTS) is 1. The quantitative estimate of drug-likeness (QED) is 0.645. The van der Waals surface area contributed by atoms with Crippen molar-refractivity contribution in [1.29, 1.82) is 0 Å². The van der Waals surface area contributed by atoms with Gasteiger partial charge in [-0.15, -0.1) is 0 Å². The van der Waals surface area contributed by atoms with Gasteiger partial charge in [0.15, 0.2) is 5.78 Å². The summed E-state index contributed by atoms with van der Waals surface area (Å²) in [6.45, 7) is 0. The molecule has 0 saturated carbocycles. The Hall–Kier alpha value is -2.40. The van der Waals surface area contributed by atoms with E-state index in [2.05, 4.69) is 15.9 Å². The molecule has 0 unspecified atom stereocenters. The van der Waals surface area contributed by atoms with Crippen LogP contribution in [0.1, 0.15) is 26.3 Å². The molecule has 0 aromatic heterocycles. The van der Waals surface area contributed by atoms with Gasteiger partial charge >= 0.3 is 5.97 Å². The summed E-state index contributed by atoms with van der Waals surface area (Å²) in [5, 5.41) is 8.83. The standard InChI is InChI=1S/C17H13BrO4/c1-22-13-7-8-14(15(18)10-13)16(19)9-4-11-2-5-12(6-3-11)17(20)21/h2-10H,1H3,(H,20,21). The van der Waals surface area contributed by atoms with Gasteiger partial charge in [0, 0.05) is 10.0 Å². The van der Waals surface area contributed by atoms with Crippen molar-refractivity contribution in [3.05, 3.63) is 69.7 Å². The molecule has 0 spiro atoms. The molecule has 0 aliphatic rings. The third-order valence-corrected chi connectivity index (χ3v) is 3.68. The second-order valence-corrected chi connectivity index (χ2v) is 5.32. The molecule has 2 aromatic rings. The monoisotopic (exact) mass is 360 g/mol. The van der Waals surface area contributed by atoms with E-state index in [1.807, 2.05) is 0 Å². The zero-order valence-corrected chi connectivity index (χ0v) is 13.3. The number of ketones is 1. The van der Waals surface area contributed by atoms with Crippen LogP contribution in [0.25, 0.3) is 6.08 Å². The molecule has 2 rings (SSSR count). The largest absolute Gasteiger partial charge is 0.497 e. The number of ether oxygens (including phenoxy) is 1. The lowest BCUT2D eigenvalue weighted by atomic mass is 10.1. The number of rotatable bonds is 5. The van der Waals surface area contributed by atoms with E-state index in [9.17, 15) is 9.59 Å². The fraction of sp³-hybridized carbons (Fsp3) is 0.0588. The summed E-state index contributed by atoms with van der Waals surface area (Å²) >= 11 is 3.34. The fourth-order valence-electron chi connectivity index (χ4n) is 1.82. The second kappa shape index (κ2) is 7.04. The maximum absolute atomic E-state index is 12.2. The number of hydrogen-bond acceptors (Lipinski definition) is 3. The Morgan fingerprint density at radius 1 is 1.14 bits per heavy atom. The molecule has 0 atom stereocenters. The molecule has 0 amide bonds. The number of carboxylic acids is 1. The van der Waals surface area contributed by atoms with Crippen LogP contribution in [0.2, 0.25) is 0 Å². The Kier molecular flexibility index (Phi) is 5.12. The highest BCUT2D eigenvalue weighted by Crippen LogP contribution is 2.23. The molecule has 1 N–H and O–H groups in total. The number of hydrogen-bond donors (Lipinski definition) is 1. The van der Waals surface area contributed by atoms with Crippen LogP contribution in [0.5, 0.6) is 5.75 Å². The van der Waals surface area contributed by atoms with E-state index in [0.29, 0.717) is 15.8 Å². The number of halogens is 1. The van der Waals surface area contributed by atoms with Gasteiger partial charge in [0.05, 0.1) is 12.7 Å². The molecular formula is C17H13BrO4. The Balaban J connectivity index is 2.15. The first-order valence-electron chi connectivity index (χ1n) is 6.40. The van der Waals surface area contributed by atoms with Gasteiger partial charge in [0.25, 0.3) is 0 Å². The van der Waals surface area contributed by atoms with Crippen molar-refractivity contribution in [2.24, 2.45) is 0 Å². The van der Waals surface area contributed by atoms with Crippen LogP contribution in [-0.2, 0) is 0 Å². The van der Waals surface area contributed by atoms with Gasteiger partial charge in [-0.25, -0.2) is 4.79 Å². The lowest BCUT2D eigenvalue weighted by Crippen LogP contribution is -1.97. The smallest absolute Gasteiger partial charge is 0.335 e. The predicted molar refractivity (Wildman–Crippen MR) is 87.5 cm³/mol. The van der Waals surface area contributed by atoms with Crippen LogP contribution in [0.15, 0.2) is 53.0 Å². The van der Waals surface area contributed by atoms with E-state index in [1.54, 1.807) is 43.5 Å². The molecule has 112 valence electrons. The van der Waals surface area contributed by atoms with E-state index >= 15 is 0 Å². The third kappa shape index (κ3) is 3.83. The predicted octanol–water partition coefficient (Wildman–Crippen LogP) is 4.05. The van der Waals surface area contributed by atoms with E-state index in [1.165, 1.54) is 18.2 Å². The highest BCUT2D eigenvalue weighted by molar-refractivity contribution is 9.10. The van der Waals surface area contributed by atoms with Gasteiger partial charge in [-0.05, 0) is 57.9 Å². The second-order valence-electron chi connectivity index (χ2n) is 4.47. The Labute approximate surface area is 136 Å². The van der Waals surface area contributed by atoms with E-state index in [0.717, 1.165) is 5.56 Å². The molecule has 0 aliphatic carbocycles. The van der Waals surface area contributed by atoms with E-state index < -0.39 is 5.97 Å². The van der Waals surface area contributed by atoms with Gasteiger partial charge in [-0.3, -0.25) is 4.79 Å². The number of carbonyl (C=O) groups is 2. The maximum Gasteiger partial charge on any atom is 0.335 e. The van der Waals surface area contributed by atoms with Crippen molar-refractivity contribution in [2.45, 2.75) is 0 Å². The number of methoxy groups -OCH3 is 1. The summed E-state index contributed by atoms with van der Waals surface area (Å²) in [7, 11) is 1.56. The van der Waals surface area contributed by atoms with Crippen molar-refractivity contribution in [1.82, 2.24) is 0 Å². The molecule has 22 heavy (non-hydrogen) atoms. The minimum atomic E-state index is -0.978. The lowest BCUT2D eigenvalue weighted by Gasteiger charge is -2.04. The topological polar surface area (TPSA) is 63.6 Å².